The molecule has 0 saturated carbocycles. The van der Waals surface area contributed by atoms with E-state index >= 15 is 0 Å². The van der Waals surface area contributed by atoms with Gasteiger partial charge in [-0.2, -0.15) is 0 Å². The zero-order chi connectivity index (χ0) is 13.3. The molecule has 94 valence electrons. The Bertz CT molecular complexity index is 562. The van der Waals surface area contributed by atoms with Gasteiger partial charge in [-0.3, -0.25) is 0 Å². The zero-order valence-corrected chi connectivity index (χ0v) is 12.0. The van der Waals surface area contributed by atoms with Crippen LogP contribution < -0.4 is 0 Å². The maximum absolute atomic E-state index is 2.33. The van der Waals surface area contributed by atoms with Crippen LogP contribution in [0.25, 0.3) is 11.1 Å². The number of hydrogen-bond donors (Lipinski definition) is 0. The van der Waals surface area contributed by atoms with Crippen LogP contribution in [0.1, 0.15) is 44.4 Å². The third-order valence-corrected chi connectivity index (χ3v) is 3.74. The lowest BCUT2D eigenvalue weighted by Crippen LogP contribution is -2.14. The molecule has 0 unspecified atom stereocenters. The Morgan fingerprint density at radius 1 is 0.778 bits per heavy atom. The van der Waals surface area contributed by atoms with E-state index in [0.29, 0.717) is 0 Å². The van der Waals surface area contributed by atoms with Crippen LogP contribution in [0.3, 0.4) is 0 Å². The van der Waals surface area contributed by atoms with Crippen molar-refractivity contribution in [2.24, 2.45) is 0 Å². The number of aryl methyl sites for hydroxylation is 1. The smallest absolute Gasteiger partial charge is 0.0158 e. The van der Waals surface area contributed by atoms with E-state index in [1.807, 2.05) is 13.8 Å². The molecule has 0 aromatic heterocycles. The molecule has 0 N–H and O–H groups in total. The molecule has 0 fully saturated rings. The van der Waals surface area contributed by atoms with Crippen LogP contribution >= 0.6 is 0 Å². The second kappa shape index (κ2) is 4.61. The van der Waals surface area contributed by atoms with Crippen LogP contribution in [-0.2, 0) is 5.41 Å². The van der Waals surface area contributed by atoms with E-state index in [9.17, 15) is 0 Å². The molecular formula is C18H22. The van der Waals surface area contributed by atoms with Gasteiger partial charge in [-0.1, -0.05) is 75.7 Å². The summed E-state index contributed by atoms with van der Waals surface area (Å²) in [6.07, 6.45) is 0. The van der Waals surface area contributed by atoms with Crippen molar-refractivity contribution in [3.63, 3.8) is 0 Å². The van der Waals surface area contributed by atoms with Gasteiger partial charge in [0.1, 0.15) is 0 Å². The van der Waals surface area contributed by atoms with E-state index in [1.165, 1.54) is 27.8 Å². The van der Waals surface area contributed by atoms with Crippen molar-refractivity contribution in [1.82, 2.24) is 0 Å². The van der Waals surface area contributed by atoms with Crippen LogP contribution in [0, 0.1) is 6.92 Å². The van der Waals surface area contributed by atoms with Gasteiger partial charge >= 0.3 is 0 Å². The third-order valence-electron chi connectivity index (χ3n) is 3.74. The van der Waals surface area contributed by atoms with Crippen molar-refractivity contribution in [3.05, 3.63) is 59.2 Å². The summed E-state index contributed by atoms with van der Waals surface area (Å²) in [5.41, 5.74) is 7.23. The molecule has 1 aliphatic carbocycles. The number of rotatable bonds is 0. The quantitative estimate of drug-likeness (QED) is 0.582. The number of fused-ring (bicyclic) bond motifs is 3. The highest BCUT2D eigenvalue weighted by atomic mass is 14.4. The predicted molar refractivity (Wildman–Crippen MR) is 80.1 cm³/mol. The lowest BCUT2D eigenvalue weighted by Gasteiger charge is -2.21. The molecular weight excluding hydrogens is 216 g/mol. The largest absolute Gasteiger partial charge is 0.0683 e. The van der Waals surface area contributed by atoms with Crippen LogP contribution in [0.4, 0.5) is 0 Å². The molecule has 0 atom stereocenters. The van der Waals surface area contributed by atoms with Crippen LogP contribution in [-0.4, -0.2) is 0 Å². The maximum Gasteiger partial charge on any atom is 0.0158 e. The fourth-order valence-corrected chi connectivity index (χ4v) is 2.82. The van der Waals surface area contributed by atoms with Gasteiger partial charge in [-0.25, -0.2) is 0 Å². The summed E-state index contributed by atoms with van der Waals surface area (Å²) in [7, 11) is 0. The molecule has 2 aromatic carbocycles. The van der Waals surface area contributed by atoms with Gasteiger partial charge in [0.05, 0.1) is 0 Å². The first-order valence-electron chi connectivity index (χ1n) is 6.82. The monoisotopic (exact) mass is 238 g/mol. The lowest BCUT2D eigenvalue weighted by molar-refractivity contribution is 0.660. The van der Waals surface area contributed by atoms with Gasteiger partial charge in [0.25, 0.3) is 0 Å². The second-order valence-corrected chi connectivity index (χ2v) is 5.22. The van der Waals surface area contributed by atoms with Crippen molar-refractivity contribution in [2.75, 3.05) is 0 Å². The first kappa shape index (κ1) is 12.9. The Balaban J connectivity index is 0.000000574. The van der Waals surface area contributed by atoms with E-state index in [-0.39, 0.29) is 5.41 Å². The molecule has 0 heterocycles. The summed E-state index contributed by atoms with van der Waals surface area (Å²) in [5.74, 6) is 0. The average Bonchev–Trinajstić information content (AvgIpc) is 2.62. The molecule has 2 aromatic rings. The van der Waals surface area contributed by atoms with Crippen molar-refractivity contribution < 1.29 is 0 Å². The third kappa shape index (κ3) is 1.77. The topological polar surface area (TPSA) is 0 Å². The van der Waals surface area contributed by atoms with Gasteiger partial charge in [0, 0.05) is 5.41 Å². The molecule has 0 nitrogen and oxygen atoms in total. The molecule has 1 aliphatic rings. The summed E-state index contributed by atoms with van der Waals surface area (Å²) >= 11 is 0. The SMILES string of the molecule is CC.Cc1ccc2c(c1)C(C)(C)c1ccccc1-2. The van der Waals surface area contributed by atoms with Crippen LogP contribution in [0.5, 0.6) is 0 Å². The molecule has 3 rings (SSSR count). The van der Waals surface area contributed by atoms with Gasteiger partial charge in [0.2, 0.25) is 0 Å². The molecule has 0 saturated heterocycles. The lowest BCUT2D eigenvalue weighted by atomic mass is 9.82. The van der Waals surface area contributed by atoms with Crippen molar-refractivity contribution >= 4 is 0 Å². The Kier molecular flexibility index (Phi) is 3.30. The Morgan fingerprint density at radius 3 is 2.11 bits per heavy atom. The minimum atomic E-state index is 0.151. The van der Waals surface area contributed by atoms with E-state index in [1.54, 1.807) is 0 Å². The first-order valence-corrected chi connectivity index (χ1v) is 6.82. The van der Waals surface area contributed by atoms with Crippen molar-refractivity contribution in [1.29, 1.82) is 0 Å². The number of hydrogen-bond acceptors (Lipinski definition) is 0. The summed E-state index contributed by atoms with van der Waals surface area (Å²) in [5, 5.41) is 0. The Morgan fingerprint density at radius 2 is 1.39 bits per heavy atom. The molecule has 0 aliphatic heterocycles. The summed E-state index contributed by atoms with van der Waals surface area (Å²) < 4.78 is 0. The van der Waals surface area contributed by atoms with Gasteiger partial charge in [-0.05, 0) is 29.2 Å². The highest BCUT2D eigenvalue weighted by Crippen LogP contribution is 2.48. The van der Waals surface area contributed by atoms with Gasteiger partial charge < -0.3 is 0 Å². The summed E-state index contributed by atoms with van der Waals surface area (Å²) in [6, 6.07) is 15.6. The summed E-state index contributed by atoms with van der Waals surface area (Å²) in [4.78, 5) is 0. The van der Waals surface area contributed by atoms with Crippen molar-refractivity contribution in [3.8, 4) is 11.1 Å². The highest BCUT2D eigenvalue weighted by molar-refractivity contribution is 5.80. The van der Waals surface area contributed by atoms with Crippen LogP contribution in [0.2, 0.25) is 0 Å². The molecule has 18 heavy (non-hydrogen) atoms. The summed E-state index contributed by atoms with van der Waals surface area (Å²) in [6.45, 7) is 10.8. The standard InChI is InChI=1S/C16H16.C2H6/c1-11-8-9-13-12-6-4-5-7-14(12)16(2,3)15(13)10-11;1-2/h4-10H,1-3H3;1-2H3. The average molecular weight is 238 g/mol. The fraction of sp³-hybridized carbons (Fsp3) is 0.333. The molecule has 0 amide bonds. The maximum atomic E-state index is 2.33. The normalized spacial score (nSPS) is 14.3. The minimum absolute atomic E-state index is 0.151. The van der Waals surface area contributed by atoms with E-state index in [0.717, 1.165) is 0 Å². The molecule has 0 heteroatoms. The Labute approximate surface area is 111 Å². The fourth-order valence-electron chi connectivity index (χ4n) is 2.82. The van der Waals surface area contributed by atoms with E-state index in [4.69, 9.17) is 0 Å². The molecule has 0 bridgehead atoms. The minimum Gasteiger partial charge on any atom is -0.0683 e. The van der Waals surface area contributed by atoms with Gasteiger partial charge in [-0.15, -0.1) is 0 Å². The zero-order valence-electron chi connectivity index (χ0n) is 12.0. The van der Waals surface area contributed by atoms with Crippen LogP contribution in [0.15, 0.2) is 42.5 Å². The number of benzene rings is 2. The predicted octanol–water partition coefficient (Wildman–Crippen LogP) is 5.33. The molecule has 0 spiro atoms. The highest BCUT2D eigenvalue weighted by Gasteiger charge is 2.34. The van der Waals surface area contributed by atoms with Crippen molar-refractivity contribution in [2.45, 2.75) is 40.0 Å². The molecule has 0 radical (unpaired) electrons. The second-order valence-electron chi connectivity index (χ2n) is 5.22. The van der Waals surface area contributed by atoms with E-state index < -0.39 is 0 Å². The van der Waals surface area contributed by atoms with Gasteiger partial charge in [0.15, 0.2) is 0 Å². The Hall–Kier alpha value is -1.56. The van der Waals surface area contributed by atoms with E-state index in [2.05, 4.69) is 63.2 Å². The first-order chi connectivity index (χ1) is 8.60.